The molecule has 3 aliphatic heterocycles. The Morgan fingerprint density at radius 1 is 0.218 bits per heavy atom. The van der Waals surface area contributed by atoms with Crippen LogP contribution in [-0.2, 0) is 37.9 Å². The Balaban J connectivity index is 1.01. The number of hydrogen-bond donors (Lipinski definition) is 0. The second-order valence-electron chi connectivity index (χ2n) is 40.1. The molecule has 0 aromatic heterocycles. The van der Waals surface area contributed by atoms with E-state index in [9.17, 15) is 0 Å². The van der Waals surface area contributed by atoms with E-state index in [1.54, 1.807) is 0 Å². The molecule has 0 radical (unpaired) electrons. The maximum absolute atomic E-state index is 7.57. The zero-order chi connectivity index (χ0) is 82.8. The second-order valence-corrected chi connectivity index (χ2v) is 40.1. The molecule has 1 aliphatic carbocycles. The fourth-order valence-electron chi connectivity index (χ4n) is 19.3. The number of para-hydroxylation sites is 1. The molecule has 19 rings (SSSR count). The minimum absolute atomic E-state index is 0.129. The van der Waals surface area contributed by atoms with Gasteiger partial charge in [-0.05, 0) is 221 Å². The Hall–Kier alpha value is -12.2. The summed E-state index contributed by atoms with van der Waals surface area (Å²) in [4.78, 5) is 5.50. The summed E-state index contributed by atoms with van der Waals surface area (Å²) in [6, 6.07) is 124. The summed E-state index contributed by atoms with van der Waals surface area (Å²) in [5.74, 6) is 1.69. The van der Waals surface area contributed by atoms with Gasteiger partial charge in [-0.1, -0.05) is 385 Å². The zero-order valence-electron chi connectivity index (χ0n) is 72.5. The van der Waals surface area contributed by atoms with Crippen LogP contribution in [0.2, 0.25) is 0 Å². The molecular weight excluding hydrogens is 1440 g/mol. The molecular formula is C115H107BN2O. The molecule has 0 unspecified atom stereocenters. The lowest BCUT2D eigenvalue weighted by Crippen LogP contribution is -2.61. The van der Waals surface area contributed by atoms with Gasteiger partial charge in [-0.15, -0.1) is 0 Å². The van der Waals surface area contributed by atoms with Gasteiger partial charge in [-0.25, -0.2) is 0 Å². The van der Waals surface area contributed by atoms with E-state index in [1.165, 1.54) is 83.1 Å². The predicted molar refractivity (Wildman–Crippen MR) is 508 cm³/mol. The van der Waals surface area contributed by atoms with Gasteiger partial charge in [0.2, 0.25) is 0 Å². The van der Waals surface area contributed by atoms with Crippen LogP contribution in [0.5, 0.6) is 11.5 Å². The third-order valence-corrected chi connectivity index (χ3v) is 26.0. The number of hydrogen-bond acceptors (Lipinski definition) is 3. The molecule has 0 saturated heterocycles. The van der Waals surface area contributed by atoms with Crippen LogP contribution in [0.4, 0.5) is 34.1 Å². The van der Waals surface area contributed by atoms with Gasteiger partial charge in [0.15, 0.2) is 0 Å². The number of anilines is 6. The normalized spacial score (nSPS) is 13.9. The Bertz CT molecular complexity index is 6030. The molecule has 0 fully saturated rings. The number of fused-ring (bicyclic) bond motifs is 13. The van der Waals surface area contributed by atoms with Crippen LogP contribution in [0.3, 0.4) is 0 Å². The highest BCUT2D eigenvalue weighted by molar-refractivity contribution is 7.00. The lowest BCUT2D eigenvalue weighted by atomic mass is 9.33. The van der Waals surface area contributed by atoms with Crippen molar-refractivity contribution in [3.8, 4) is 101 Å². The van der Waals surface area contributed by atoms with Crippen molar-refractivity contribution in [3.63, 3.8) is 0 Å². The largest absolute Gasteiger partial charge is 0.457 e. The van der Waals surface area contributed by atoms with Crippen LogP contribution >= 0.6 is 0 Å². The fraction of sp³-hybridized carbons (Fsp3) is 0.217. The maximum Gasteiger partial charge on any atom is 0.252 e. The molecule has 4 heteroatoms. The van der Waals surface area contributed by atoms with E-state index in [0.717, 1.165) is 124 Å². The Kier molecular flexibility index (Phi) is 18.0. The molecule has 586 valence electrons. The zero-order valence-corrected chi connectivity index (χ0v) is 72.5. The molecule has 0 N–H and O–H groups in total. The van der Waals surface area contributed by atoms with Crippen LogP contribution in [0.1, 0.15) is 180 Å². The van der Waals surface area contributed by atoms with E-state index in [4.69, 9.17) is 4.74 Å². The van der Waals surface area contributed by atoms with Gasteiger partial charge in [0.05, 0.1) is 16.8 Å². The summed E-state index contributed by atoms with van der Waals surface area (Å²) in [5, 5.41) is 0. The van der Waals surface area contributed by atoms with Crippen molar-refractivity contribution < 1.29 is 4.74 Å². The van der Waals surface area contributed by atoms with Gasteiger partial charge in [-0.2, -0.15) is 0 Å². The van der Waals surface area contributed by atoms with Gasteiger partial charge >= 0.3 is 0 Å². The van der Waals surface area contributed by atoms with E-state index in [0.29, 0.717) is 0 Å². The summed E-state index contributed by atoms with van der Waals surface area (Å²) in [7, 11) is 0. The van der Waals surface area contributed by atoms with Crippen molar-refractivity contribution in [2.24, 2.45) is 0 Å². The topological polar surface area (TPSA) is 15.7 Å². The minimum Gasteiger partial charge on any atom is -0.457 e. The highest BCUT2D eigenvalue weighted by atomic mass is 16.5. The Labute approximate surface area is 707 Å². The lowest BCUT2D eigenvalue weighted by Gasteiger charge is -2.46. The molecule has 0 amide bonds. The summed E-state index contributed by atoms with van der Waals surface area (Å²) >= 11 is 0. The quantitative estimate of drug-likeness (QED) is 0.134. The second kappa shape index (κ2) is 28.0. The van der Waals surface area contributed by atoms with Crippen molar-refractivity contribution in [2.45, 2.75) is 163 Å². The third kappa shape index (κ3) is 13.0. The molecule has 0 saturated carbocycles. The first-order valence-electron chi connectivity index (χ1n) is 42.9. The lowest BCUT2D eigenvalue weighted by molar-refractivity contribution is 0.436. The first-order valence-corrected chi connectivity index (χ1v) is 42.9. The summed E-state index contributed by atoms with van der Waals surface area (Å²) in [5.41, 5.74) is 39.8. The van der Waals surface area contributed by atoms with E-state index in [-0.39, 0.29) is 39.2 Å². The molecule has 1 spiro atoms. The van der Waals surface area contributed by atoms with Crippen LogP contribution in [0.25, 0.3) is 89.0 Å². The Morgan fingerprint density at radius 3 is 0.866 bits per heavy atom. The number of ether oxygens (including phenoxy) is 1. The van der Waals surface area contributed by atoms with E-state index >= 15 is 0 Å². The molecule has 119 heavy (non-hydrogen) atoms. The van der Waals surface area contributed by atoms with Gasteiger partial charge in [0, 0.05) is 56.1 Å². The van der Waals surface area contributed by atoms with Crippen molar-refractivity contribution in [3.05, 3.63) is 377 Å². The van der Waals surface area contributed by atoms with Crippen molar-refractivity contribution >= 4 is 57.2 Å². The minimum atomic E-state index is -0.663. The average Bonchev–Trinajstić information content (AvgIpc) is 1.68. The number of rotatable bonds is 9. The SMILES string of the molecule is CC(C)(C)c1cc(-c2ccc3c(c2)N(c2c(-c4ccccc4)cc(C(C)(C)C)cc2-c2ccccc2)c2cc(-c4ccc5c(c4)Oc4ccccc4C54c5ccccc5-c5ccccc54)cc4c2B3c2ccc(-c3cc(C(C)(C)C)cc(C(C)(C)C)c3)cc2N4c2c(-c3ccccc3)cc(C(C)(C)C)cc2-c2ccccc2)cc(C(C)(C)C)c1. The first kappa shape index (κ1) is 76.7. The molecule has 15 aromatic carbocycles. The molecule has 15 aromatic rings. The monoisotopic (exact) mass is 1540 g/mol. The molecule has 0 atom stereocenters. The molecule has 3 heterocycles. The van der Waals surface area contributed by atoms with Crippen LogP contribution in [-0.4, -0.2) is 6.71 Å². The summed E-state index contributed by atoms with van der Waals surface area (Å²) < 4.78 is 7.57. The molecule has 3 nitrogen and oxygen atoms in total. The van der Waals surface area contributed by atoms with Gasteiger partial charge in [0.1, 0.15) is 11.5 Å². The van der Waals surface area contributed by atoms with Crippen LogP contribution < -0.4 is 30.9 Å². The van der Waals surface area contributed by atoms with Gasteiger partial charge in [-0.3, -0.25) is 0 Å². The summed E-state index contributed by atoms with van der Waals surface area (Å²) in [6.07, 6.45) is 0. The van der Waals surface area contributed by atoms with Gasteiger partial charge < -0.3 is 14.5 Å². The average molecular weight is 1540 g/mol. The maximum atomic E-state index is 7.57. The van der Waals surface area contributed by atoms with E-state index in [1.807, 2.05) is 0 Å². The highest BCUT2D eigenvalue weighted by Gasteiger charge is 2.52. The molecule has 4 aliphatic rings. The van der Waals surface area contributed by atoms with Crippen molar-refractivity contribution in [1.29, 1.82) is 0 Å². The summed E-state index contributed by atoms with van der Waals surface area (Å²) in [6.45, 7) is 42.2. The number of nitrogens with zero attached hydrogens (tertiary/aromatic N) is 2. The van der Waals surface area contributed by atoms with E-state index in [2.05, 4.69) is 456 Å². The highest BCUT2D eigenvalue weighted by Crippen LogP contribution is 2.64. The van der Waals surface area contributed by atoms with Crippen LogP contribution in [0.15, 0.2) is 322 Å². The van der Waals surface area contributed by atoms with Crippen molar-refractivity contribution in [2.75, 3.05) is 9.80 Å². The fourth-order valence-corrected chi connectivity index (χ4v) is 19.3. The van der Waals surface area contributed by atoms with E-state index < -0.39 is 5.41 Å². The molecule has 0 bridgehead atoms. The van der Waals surface area contributed by atoms with Crippen molar-refractivity contribution in [1.82, 2.24) is 0 Å². The van der Waals surface area contributed by atoms with Gasteiger partial charge in [0.25, 0.3) is 6.71 Å². The first-order chi connectivity index (χ1) is 56.8. The smallest absolute Gasteiger partial charge is 0.252 e. The third-order valence-electron chi connectivity index (χ3n) is 26.0. The standard InChI is InChI=1S/C115H107BN2O/c1-109(2,3)82-57-79(58-83(66-82)110(4,5)6)76-52-55-98-100(61-76)117(107-90(72-37-23-19-24-38-72)68-86(113(13,14)15)69-91(107)73-39-25-20-26-40-73)102-63-81(78-51-54-97-105(65-78)119-104-50-36-35-49-96(104)115(97)94-47-33-31-45-88(94)89-46-32-34-48-95(89)115)64-103-106(102)116(98)99-56-53-77(80-59-84(111(7,8)9)67-85(60-80)112(10,11)12)62-101(99)118(103)108-92(74-41-27-21-28-42-74)70-87(114(16,17)18)71-93(108)75-43-29-22-30-44-75/h19-71H,1-18H3. The number of benzene rings is 15. The van der Waals surface area contributed by atoms with Crippen LogP contribution in [0, 0.1) is 0 Å². The predicted octanol–water partition coefficient (Wildman–Crippen LogP) is 29.7. The Morgan fingerprint density at radius 2 is 0.504 bits per heavy atom.